The first-order valence-corrected chi connectivity index (χ1v) is 14.0. The Labute approximate surface area is 231 Å². The smallest absolute Gasteiger partial charge is 0.283 e. The van der Waals surface area contributed by atoms with Crippen LogP contribution in [0.5, 0.6) is 0 Å². The molecule has 0 aliphatic carbocycles. The van der Waals surface area contributed by atoms with Crippen LogP contribution in [0.2, 0.25) is 5.02 Å². The highest BCUT2D eigenvalue weighted by molar-refractivity contribution is 7.90. The van der Waals surface area contributed by atoms with Gasteiger partial charge in [-0.25, -0.2) is 23.1 Å². The van der Waals surface area contributed by atoms with Crippen LogP contribution >= 0.6 is 11.6 Å². The van der Waals surface area contributed by atoms with Crippen LogP contribution in [0.4, 0.5) is 0 Å². The van der Waals surface area contributed by atoms with Crippen LogP contribution in [0, 0.1) is 13.8 Å². The number of imidazole rings is 1. The lowest BCUT2D eigenvalue weighted by atomic mass is 10.1. The number of nitrogens with one attached hydrogen (secondary N) is 1. The Bertz CT molecular complexity index is 1810. The van der Waals surface area contributed by atoms with Gasteiger partial charge in [-0.3, -0.25) is 4.79 Å². The molecule has 0 unspecified atom stereocenters. The van der Waals surface area contributed by atoms with Crippen molar-refractivity contribution in [3.63, 3.8) is 0 Å². The summed E-state index contributed by atoms with van der Waals surface area (Å²) < 4.78 is 29.3. The normalized spacial score (nSPS) is 11.8. The molecular formula is C30H25ClN4O3S. The minimum absolute atomic E-state index is 0.000108. The first-order valence-electron chi connectivity index (χ1n) is 12.2. The second kappa shape index (κ2) is 10.8. The molecule has 196 valence electrons. The molecule has 39 heavy (non-hydrogen) atoms. The van der Waals surface area contributed by atoms with Crippen molar-refractivity contribution >= 4 is 50.8 Å². The van der Waals surface area contributed by atoms with Crippen LogP contribution in [-0.2, 0) is 16.6 Å². The minimum atomic E-state index is -4.05. The van der Waals surface area contributed by atoms with Gasteiger partial charge in [-0.2, -0.15) is 0 Å². The zero-order valence-corrected chi connectivity index (χ0v) is 22.9. The number of hydrogen-bond acceptors (Lipinski definition) is 5. The number of rotatable bonds is 7. The molecule has 2 heterocycles. The molecule has 5 aromatic rings. The van der Waals surface area contributed by atoms with Crippen molar-refractivity contribution < 1.29 is 13.2 Å². The first kappa shape index (κ1) is 26.3. The number of aromatic nitrogens is 3. The maximum absolute atomic E-state index is 12.9. The van der Waals surface area contributed by atoms with Crippen molar-refractivity contribution in [1.82, 2.24) is 19.3 Å². The minimum Gasteiger partial charge on any atom is -0.308 e. The van der Waals surface area contributed by atoms with Crippen LogP contribution in [0.1, 0.15) is 38.6 Å². The Morgan fingerprint density at radius 3 is 2.33 bits per heavy atom. The Hall–Kier alpha value is -4.27. The largest absolute Gasteiger partial charge is 0.308 e. The van der Waals surface area contributed by atoms with Crippen LogP contribution in [0.3, 0.4) is 0 Å². The molecule has 2 aromatic heterocycles. The number of hydrogen-bond donors (Lipinski definition) is 1. The van der Waals surface area contributed by atoms with Crippen molar-refractivity contribution in [2.45, 2.75) is 25.3 Å². The predicted octanol–water partition coefficient (Wildman–Crippen LogP) is 6.04. The topological polar surface area (TPSA) is 94.0 Å². The Balaban J connectivity index is 1.39. The van der Waals surface area contributed by atoms with E-state index in [1.165, 1.54) is 18.2 Å². The fourth-order valence-corrected chi connectivity index (χ4v) is 5.31. The molecular weight excluding hydrogens is 532 g/mol. The molecule has 0 spiro atoms. The van der Waals surface area contributed by atoms with Crippen molar-refractivity contribution in [2.24, 2.45) is 0 Å². The van der Waals surface area contributed by atoms with Gasteiger partial charge in [0.1, 0.15) is 17.0 Å². The summed E-state index contributed by atoms with van der Waals surface area (Å²) in [5.41, 5.74) is 4.83. The van der Waals surface area contributed by atoms with Gasteiger partial charge in [-0.15, -0.1) is 0 Å². The molecule has 7 nitrogen and oxygen atoms in total. The van der Waals surface area contributed by atoms with Gasteiger partial charge >= 0.3 is 0 Å². The molecule has 0 atom stereocenters. The van der Waals surface area contributed by atoms with E-state index in [0.29, 0.717) is 28.6 Å². The summed E-state index contributed by atoms with van der Waals surface area (Å²) in [6.45, 7) is 4.07. The highest BCUT2D eigenvalue weighted by Crippen LogP contribution is 2.24. The molecule has 0 radical (unpaired) electrons. The highest BCUT2D eigenvalue weighted by Gasteiger charge is 2.21. The third-order valence-electron chi connectivity index (χ3n) is 6.25. The summed E-state index contributed by atoms with van der Waals surface area (Å²) in [5, 5.41) is 0.588. The highest BCUT2D eigenvalue weighted by atomic mass is 35.5. The monoisotopic (exact) mass is 556 g/mol. The maximum atomic E-state index is 12.9. The molecule has 1 amide bonds. The van der Waals surface area contributed by atoms with E-state index < -0.39 is 15.9 Å². The summed E-state index contributed by atoms with van der Waals surface area (Å²) >= 11 is 6.64. The number of aryl methyl sites for hydroxylation is 2. The average Bonchev–Trinajstić information content (AvgIpc) is 3.23. The second-order valence-electron chi connectivity index (χ2n) is 9.13. The fourth-order valence-electron chi connectivity index (χ4n) is 4.10. The molecule has 5 rings (SSSR count). The van der Waals surface area contributed by atoms with E-state index in [4.69, 9.17) is 11.6 Å². The van der Waals surface area contributed by atoms with E-state index in [-0.39, 0.29) is 10.6 Å². The molecule has 1 N–H and O–H groups in total. The van der Waals surface area contributed by atoms with E-state index in [0.717, 1.165) is 22.3 Å². The molecule has 0 aliphatic heterocycles. The van der Waals surface area contributed by atoms with Gasteiger partial charge in [0, 0.05) is 5.02 Å². The SMILES string of the molecule is Cc1ccc(S(=O)(=O)NC(=O)c2ccc3nc(C)n(Cc4ccc(/C=C/c5ccccc5)cc4Cl)c3n2)cc1. The van der Waals surface area contributed by atoms with Gasteiger partial charge in [0.25, 0.3) is 15.9 Å². The maximum Gasteiger partial charge on any atom is 0.283 e. The van der Waals surface area contributed by atoms with Gasteiger partial charge in [-0.1, -0.05) is 83.9 Å². The Kier molecular flexibility index (Phi) is 7.32. The summed E-state index contributed by atoms with van der Waals surface area (Å²) in [6.07, 6.45) is 4.02. The molecule has 0 fully saturated rings. The molecule has 3 aromatic carbocycles. The van der Waals surface area contributed by atoms with Crippen molar-refractivity contribution in [3.05, 3.63) is 124 Å². The van der Waals surface area contributed by atoms with E-state index in [2.05, 4.69) is 14.7 Å². The number of carbonyl (C=O) groups is 1. The summed E-state index contributed by atoms with van der Waals surface area (Å²) in [7, 11) is -4.05. The summed E-state index contributed by atoms with van der Waals surface area (Å²) in [6, 6.07) is 25.2. The van der Waals surface area contributed by atoms with Crippen molar-refractivity contribution in [1.29, 1.82) is 0 Å². The number of halogens is 1. The third-order valence-corrected chi connectivity index (χ3v) is 7.95. The Morgan fingerprint density at radius 1 is 0.897 bits per heavy atom. The Morgan fingerprint density at radius 2 is 1.62 bits per heavy atom. The zero-order valence-electron chi connectivity index (χ0n) is 21.3. The predicted molar refractivity (Wildman–Crippen MR) is 154 cm³/mol. The molecule has 0 saturated carbocycles. The van der Waals surface area contributed by atoms with E-state index in [1.807, 2.05) is 79.1 Å². The lowest BCUT2D eigenvalue weighted by Gasteiger charge is -2.10. The number of fused-ring (bicyclic) bond motifs is 1. The van der Waals surface area contributed by atoms with Gasteiger partial charge < -0.3 is 4.57 Å². The molecule has 0 bridgehead atoms. The second-order valence-corrected chi connectivity index (χ2v) is 11.2. The number of sulfonamides is 1. The lowest BCUT2D eigenvalue weighted by Crippen LogP contribution is -2.31. The zero-order chi connectivity index (χ0) is 27.6. The number of nitrogens with zero attached hydrogens (tertiary/aromatic N) is 3. The summed E-state index contributed by atoms with van der Waals surface area (Å²) in [5.74, 6) is -0.137. The third kappa shape index (κ3) is 5.92. The van der Waals surface area contributed by atoms with Gasteiger partial charge in [0.15, 0.2) is 5.65 Å². The van der Waals surface area contributed by atoms with Gasteiger partial charge in [0.05, 0.1) is 11.4 Å². The number of amides is 1. The number of pyridine rings is 1. The quantitative estimate of drug-likeness (QED) is 0.247. The lowest BCUT2D eigenvalue weighted by molar-refractivity contribution is 0.0977. The van der Waals surface area contributed by atoms with E-state index in [9.17, 15) is 13.2 Å². The van der Waals surface area contributed by atoms with Crippen molar-refractivity contribution in [2.75, 3.05) is 0 Å². The fraction of sp³-hybridized carbons (Fsp3) is 0.100. The van der Waals surface area contributed by atoms with Crippen LogP contribution < -0.4 is 4.72 Å². The first-order chi connectivity index (χ1) is 18.7. The average molecular weight is 557 g/mol. The summed E-state index contributed by atoms with van der Waals surface area (Å²) in [4.78, 5) is 21.9. The van der Waals surface area contributed by atoms with E-state index >= 15 is 0 Å². The van der Waals surface area contributed by atoms with Gasteiger partial charge in [0.2, 0.25) is 0 Å². The van der Waals surface area contributed by atoms with Crippen molar-refractivity contribution in [3.8, 4) is 0 Å². The van der Waals surface area contributed by atoms with Gasteiger partial charge in [-0.05, 0) is 60.9 Å². The molecule has 9 heteroatoms. The number of carbonyl (C=O) groups excluding carboxylic acids is 1. The molecule has 0 saturated heterocycles. The number of benzene rings is 3. The molecule has 0 aliphatic rings. The van der Waals surface area contributed by atoms with Crippen LogP contribution in [0.25, 0.3) is 23.3 Å². The van der Waals surface area contributed by atoms with Crippen LogP contribution in [0.15, 0.2) is 89.8 Å². The van der Waals surface area contributed by atoms with E-state index in [1.54, 1.807) is 18.2 Å². The van der Waals surface area contributed by atoms with Crippen LogP contribution in [-0.4, -0.2) is 28.9 Å². The standard InChI is InChI=1S/C30H25ClN4O3S/c1-20-8-14-25(15-9-20)39(37,38)34-30(36)28-17-16-27-29(33-28)35(21(2)32-27)19-24-13-12-23(18-26(24)31)11-10-22-6-4-3-5-7-22/h3-18H,19H2,1-2H3,(H,34,36)/b11-10+.